The Morgan fingerprint density at radius 3 is 2.79 bits per heavy atom. The number of hydrogen-bond donors (Lipinski definition) is 1. The quantitative estimate of drug-likeness (QED) is 0.467. The number of nitrogens with one attached hydrogen (secondary N) is 1. The summed E-state index contributed by atoms with van der Waals surface area (Å²) < 4.78 is 5.73. The van der Waals surface area contributed by atoms with Crippen molar-refractivity contribution in [2.45, 2.75) is 11.8 Å². The first-order chi connectivity index (χ1) is 13.6. The third-order valence-corrected chi connectivity index (χ3v) is 5.36. The van der Waals surface area contributed by atoms with E-state index in [9.17, 15) is 4.79 Å². The molecule has 0 unspecified atom stereocenters. The van der Waals surface area contributed by atoms with Crippen molar-refractivity contribution < 1.29 is 9.21 Å². The van der Waals surface area contributed by atoms with E-state index in [0.717, 1.165) is 22.0 Å². The zero-order valence-corrected chi connectivity index (χ0v) is 16.6. The fourth-order valence-corrected chi connectivity index (χ4v) is 3.64. The largest absolute Gasteiger partial charge is 0.411 e. The van der Waals surface area contributed by atoms with Gasteiger partial charge < -0.3 is 14.3 Å². The zero-order valence-electron chi connectivity index (χ0n) is 15.1. The van der Waals surface area contributed by atoms with Crippen LogP contribution in [0.2, 0.25) is 5.02 Å². The van der Waals surface area contributed by atoms with Gasteiger partial charge in [0.15, 0.2) is 0 Å². The lowest BCUT2D eigenvalue weighted by atomic mass is 10.2. The molecule has 1 amide bonds. The van der Waals surface area contributed by atoms with E-state index in [1.165, 1.54) is 11.8 Å². The molecule has 0 atom stereocenters. The van der Waals surface area contributed by atoms with Crippen LogP contribution in [0.25, 0.3) is 22.4 Å². The van der Waals surface area contributed by atoms with Crippen LogP contribution in [0.5, 0.6) is 0 Å². The average Bonchev–Trinajstić information content (AvgIpc) is 3.34. The third kappa shape index (κ3) is 4.05. The van der Waals surface area contributed by atoms with E-state index in [4.69, 9.17) is 16.0 Å². The molecule has 2 aromatic heterocycles. The maximum atomic E-state index is 12.4. The molecule has 6 nitrogen and oxygen atoms in total. The monoisotopic (exact) mass is 412 g/mol. The molecule has 0 bridgehead atoms. The Bertz CT molecular complexity index is 1110. The topological polar surface area (TPSA) is 75.0 Å². The Labute approximate surface area is 170 Å². The van der Waals surface area contributed by atoms with E-state index in [1.807, 2.05) is 54.7 Å². The number of H-pyrrole nitrogens is 1. The van der Waals surface area contributed by atoms with Gasteiger partial charge in [-0.15, -0.1) is 10.2 Å². The minimum absolute atomic E-state index is 0.0215. The van der Waals surface area contributed by atoms with Crippen LogP contribution in [0.4, 0.5) is 0 Å². The number of rotatable bonds is 6. The first-order valence-electron chi connectivity index (χ1n) is 8.61. The highest BCUT2D eigenvalue weighted by Crippen LogP contribution is 2.29. The van der Waals surface area contributed by atoms with Gasteiger partial charge in [0.25, 0.3) is 11.1 Å². The molecule has 0 saturated carbocycles. The van der Waals surface area contributed by atoms with Crippen LogP contribution in [-0.4, -0.2) is 38.8 Å². The van der Waals surface area contributed by atoms with Gasteiger partial charge in [0.05, 0.1) is 11.3 Å². The van der Waals surface area contributed by atoms with Crippen molar-refractivity contribution in [1.82, 2.24) is 20.1 Å². The number of carbonyl (C=O) groups is 1. The van der Waals surface area contributed by atoms with E-state index in [1.54, 1.807) is 11.9 Å². The fourth-order valence-electron chi connectivity index (χ4n) is 2.81. The molecule has 2 heterocycles. The molecular formula is C20H17ClN4O2S. The molecule has 142 valence electrons. The second kappa shape index (κ2) is 8.08. The molecule has 0 radical (unpaired) electrons. The molecule has 1 N–H and O–H groups in total. The van der Waals surface area contributed by atoms with Gasteiger partial charge in [-0.25, -0.2) is 0 Å². The number of nitrogens with zero attached hydrogens (tertiary/aromatic N) is 3. The number of halogens is 1. The number of carbonyl (C=O) groups excluding carboxylic acids is 1. The second-order valence-corrected chi connectivity index (χ2v) is 7.65. The highest BCUT2D eigenvalue weighted by molar-refractivity contribution is 7.99. The molecule has 0 aliphatic carbocycles. The number of hydrogen-bond acceptors (Lipinski definition) is 5. The van der Waals surface area contributed by atoms with Crippen LogP contribution in [0, 0.1) is 0 Å². The van der Waals surface area contributed by atoms with E-state index < -0.39 is 0 Å². The molecular weight excluding hydrogens is 396 g/mol. The van der Waals surface area contributed by atoms with E-state index in [-0.39, 0.29) is 11.7 Å². The van der Waals surface area contributed by atoms with Gasteiger partial charge in [-0.2, -0.15) is 0 Å². The summed E-state index contributed by atoms with van der Waals surface area (Å²) in [7, 11) is 1.77. The first-order valence-corrected chi connectivity index (χ1v) is 9.98. The zero-order chi connectivity index (χ0) is 19.5. The SMILES string of the molecule is CN(Cc1ccc(Cl)cc1)C(=O)CSc1nnc(-c2c[nH]c3ccccc23)o1. The number of amides is 1. The van der Waals surface area contributed by atoms with Crippen molar-refractivity contribution in [2.24, 2.45) is 0 Å². The lowest BCUT2D eigenvalue weighted by molar-refractivity contribution is -0.127. The Morgan fingerprint density at radius 1 is 1.18 bits per heavy atom. The number of aromatic amines is 1. The summed E-state index contributed by atoms with van der Waals surface area (Å²) in [6, 6.07) is 15.3. The molecule has 0 fully saturated rings. The van der Waals surface area contributed by atoms with Crippen molar-refractivity contribution in [3.63, 3.8) is 0 Å². The molecule has 0 aliphatic rings. The number of thioether (sulfide) groups is 1. The summed E-state index contributed by atoms with van der Waals surface area (Å²) in [6.07, 6.45) is 1.84. The summed E-state index contributed by atoms with van der Waals surface area (Å²) in [5.74, 6) is 0.633. The summed E-state index contributed by atoms with van der Waals surface area (Å²) in [6.45, 7) is 0.515. The van der Waals surface area contributed by atoms with E-state index in [2.05, 4.69) is 15.2 Å². The predicted octanol–water partition coefficient (Wildman–Crippen LogP) is 4.62. The van der Waals surface area contributed by atoms with Gasteiger partial charge in [0.2, 0.25) is 5.91 Å². The van der Waals surface area contributed by atoms with Crippen molar-refractivity contribution in [1.29, 1.82) is 0 Å². The fraction of sp³-hybridized carbons (Fsp3) is 0.150. The molecule has 4 aromatic rings. The molecule has 2 aromatic carbocycles. The number of fused-ring (bicyclic) bond motifs is 1. The van der Waals surface area contributed by atoms with Gasteiger partial charge in [-0.1, -0.05) is 53.7 Å². The molecule has 0 aliphatic heterocycles. The Hall–Kier alpha value is -2.77. The van der Waals surface area contributed by atoms with E-state index in [0.29, 0.717) is 22.7 Å². The summed E-state index contributed by atoms with van der Waals surface area (Å²) >= 11 is 7.12. The summed E-state index contributed by atoms with van der Waals surface area (Å²) in [4.78, 5) is 17.2. The number of aromatic nitrogens is 3. The van der Waals surface area contributed by atoms with Crippen LogP contribution in [0.1, 0.15) is 5.56 Å². The minimum atomic E-state index is -0.0215. The Morgan fingerprint density at radius 2 is 1.96 bits per heavy atom. The molecule has 8 heteroatoms. The maximum Gasteiger partial charge on any atom is 0.277 e. The third-order valence-electron chi connectivity index (χ3n) is 4.30. The van der Waals surface area contributed by atoms with Crippen molar-refractivity contribution in [3.05, 3.63) is 65.3 Å². The van der Waals surface area contributed by atoms with Gasteiger partial charge in [0.1, 0.15) is 0 Å². The average molecular weight is 413 g/mol. The normalized spacial score (nSPS) is 11.1. The Balaban J connectivity index is 1.37. The van der Waals surface area contributed by atoms with Crippen LogP contribution in [0.15, 0.2) is 64.4 Å². The van der Waals surface area contributed by atoms with E-state index >= 15 is 0 Å². The lowest BCUT2D eigenvalue weighted by Crippen LogP contribution is -2.27. The van der Waals surface area contributed by atoms with Gasteiger partial charge in [-0.05, 0) is 23.8 Å². The first kappa shape index (κ1) is 18.6. The van der Waals surface area contributed by atoms with Crippen LogP contribution in [-0.2, 0) is 11.3 Å². The lowest BCUT2D eigenvalue weighted by Gasteiger charge is -2.16. The smallest absolute Gasteiger partial charge is 0.277 e. The second-order valence-electron chi connectivity index (χ2n) is 6.29. The van der Waals surface area contributed by atoms with Crippen LogP contribution >= 0.6 is 23.4 Å². The van der Waals surface area contributed by atoms with Crippen molar-refractivity contribution in [3.8, 4) is 11.5 Å². The Kier molecular flexibility index (Phi) is 5.36. The standard InChI is InChI=1S/C20H17ClN4O2S/c1-25(11-13-6-8-14(21)9-7-13)18(26)12-28-20-24-23-19(27-20)16-10-22-17-5-3-2-4-15(16)17/h2-10,22H,11-12H2,1H3. The molecule has 28 heavy (non-hydrogen) atoms. The van der Waals surface area contributed by atoms with Crippen molar-refractivity contribution in [2.75, 3.05) is 12.8 Å². The highest BCUT2D eigenvalue weighted by atomic mass is 35.5. The van der Waals surface area contributed by atoms with Crippen molar-refractivity contribution >= 4 is 40.2 Å². The van der Waals surface area contributed by atoms with Gasteiger partial charge in [0, 0.05) is 35.7 Å². The molecule has 0 spiro atoms. The minimum Gasteiger partial charge on any atom is -0.411 e. The molecule has 0 saturated heterocycles. The maximum absolute atomic E-state index is 12.4. The highest BCUT2D eigenvalue weighted by Gasteiger charge is 2.16. The van der Waals surface area contributed by atoms with Crippen LogP contribution in [0.3, 0.4) is 0 Å². The number of benzene rings is 2. The molecule has 4 rings (SSSR count). The van der Waals surface area contributed by atoms with Crippen LogP contribution < -0.4 is 0 Å². The summed E-state index contributed by atoms with van der Waals surface area (Å²) in [5.41, 5.74) is 2.87. The number of para-hydroxylation sites is 1. The van der Waals surface area contributed by atoms with Gasteiger partial charge >= 0.3 is 0 Å². The summed E-state index contributed by atoms with van der Waals surface area (Å²) in [5, 5.41) is 10.2. The van der Waals surface area contributed by atoms with Gasteiger partial charge in [-0.3, -0.25) is 4.79 Å². The predicted molar refractivity (Wildman–Crippen MR) is 110 cm³/mol.